The summed E-state index contributed by atoms with van der Waals surface area (Å²) in [5.74, 6) is 3.13. The summed E-state index contributed by atoms with van der Waals surface area (Å²) in [7, 11) is 1.66. The molecule has 176 valence electrons. The second-order valence-electron chi connectivity index (χ2n) is 10.3. The number of methoxy groups -OCH3 is 1. The van der Waals surface area contributed by atoms with Crippen molar-refractivity contribution in [3.63, 3.8) is 0 Å². The van der Waals surface area contributed by atoms with Crippen molar-refractivity contribution in [3.05, 3.63) is 65.4 Å². The van der Waals surface area contributed by atoms with Gasteiger partial charge in [0.05, 0.1) is 31.4 Å². The molecule has 0 amide bonds. The van der Waals surface area contributed by atoms with E-state index in [-0.39, 0.29) is 11.5 Å². The Morgan fingerprint density at radius 1 is 1.18 bits per heavy atom. The maximum Gasteiger partial charge on any atom is 0.238 e. The number of nitrogens with zero attached hydrogens (tertiary/aromatic N) is 5. The third-order valence-corrected chi connectivity index (χ3v) is 7.35. The molecule has 2 atom stereocenters. The fourth-order valence-electron chi connectivity index (χ4n) is 5.48. The number of benzene rings is 1. The number of rotatable bonds is 4. The van der Waals surface area contributed by atoms with Gasteiger partial charge >= 0.3 is 0 Å². The van der Waals surface area contributed by atoms with E-state index in [4.69, 9.17) is 19.5 Å². The molecular formula is C27H31N5O2. The van der Waals surface area contributed by atoms with Gasteiger partial charge in [-0.05, 0) is 43.5 Å². The lowest BCUT2D eigenvalue weighted by molar-refractivity contribution is 0.291. The zero-order valence-corrected chi connectivity index (χ0v) is 20.3. The predicted molar refractivity (Wildman–Crippen MR) is 131 cm³/mol. The monoisotopic (exact) mass is 457 g/mol. The molecule has 1 aromatic carbocycles. The van der Waals surface area contributed by atoms with Gasteiger partial charge in [-0.1, -0.05) is 26.0 Å². The lowest BCUT2D eigenvalue weighted by Gasteiger charge is -2.32. The van der Waals surface area contributed by atoms with Crippen LogP contribution in [0.5, 0.6) is 11.6 Å². The van der Waals surface area contributed by atoms with E-state index < -0.39 is 0 Å². The molecule has 2 aromatic heterocycles. The van der Waals surface area contributed by atoms with Gasteiger partial charge in [-0.15, -0.1) is 0 Å². The normalized spacial score (nSPS) is 22.7. The van der Waals surface area contributed by atoms with Crippen molar-refractivity contribution in [3.8, 4) is 17.3 Å². The van der Waals surface area contributed by atoms with Crippen LogP contribution in [0.2, 0.25) is 0 Å². The molecule has 0 aliphatic carbocycles. The molecule has 0 bridgehead atoms. The van der Waals surface area contributed by atoms with Gasteiger partial charge in [0.25, 0.3) is 0 Å². The Balaban J connectivity index is 1.32. The molecule has 3 aliphatic heterocycles. The van der Waals surface area contributed by atoms with E-state index in [1.807, 2.05) is 17.7 Å². The number of aliphatic imine (C=N–C) groups is 1. The molecular weight excluding hydrogens is 426 g/mol. The molecule has 1 saturated heterocycles. The Kier molecular flexibility index (Phi) is 4.90. The summed E-state index contributed by atoms with van der Waals surface area (Å²) in [4.78, 5) is 16.9. The number of hydrogen-bond donors (Lipinski definition) is 0. The minimum absolute atomic E-state index is 0.0114. The van der Waals surface area contributed by atoms with E-state index in [2.05, 4.69) is 54.1 Å². The minimum atomic E-state index is 0.0114. The van der Waals surface area contributed by atoms with Crippen molar-refractivity contribution in [1.82, 2.24) is 19.4 Å². The number of imidazole rings is 1. The highest BCUT2D eigenvalue weighted by Crippen LogP contribution is 2.42. The Hall–Kier alpha value is -3.35. The average Bonchev–Trinajstić information content (AvgIpc) is 3.55. The molecule has 34 heavy (non-hydrogen) atoms. The first-order chi connectivity index (χ1) is 16.4. The maximum absolute atomic E-state index is 5.92. The van der Waals surface area contributed by atoms with Crippen molar-refractivity contribution < 1.29 is 9.47 Å². The van der Waals surface area contributed by atoms with Crippen LogP contribution in [0.3, 0.4) is 0 Å². The van der Waals surface area contributed by atoms with Gasteiger partial charge in [0.15, 0.2) is 0 Å². The second kappa shape index (κ2) is 7.86. The molecule has 0 N–H and O–H groups in total. The fourth-order valence-corrected chi connectivity index (χ4v) is 5.48. The van der Waals surface area contributed by atoms with Crippen molar-refractivity contribution in [2.24, 2.45) is 4.99 Å². The van der Waals surface area contributed by atoms with Gasteiger partial charge in [-0.25, -0.2) is 9.97 Å². The SMILES string of the molecule is COc1nc(C2CN3CCC[C@H](c4ccc5c(c4)C(C)(C)CO5)C3=N2)ccc1-n1cnc(C)c1. The number of pyridine rings is 1. The first-order valence-corrected chi connectivity index (χ1v) is 12.1. The molecule has 3 aromatic rings. The van der Waals surface area contributed by atoms with Crippen LogP contribution >= 0.6 is 0 Å². The van der Waals surface area contributed by atoms with Crippen LogP contribution in [0.1, 0.15) is 61.2 Å². The van der Waals surface area contributed by atoms with E-state index in [0.717, 1.165) is 48.9 Å². The zero-order valence-electron chi connectivity index (χ0n) is 20.3. The zero-order chi connectivity index (χ0) is 23.4. The average molecular weight is 458 g/mol. The molecule has 0 saturated carbocycles. The summed E-state index contributed by atoms with van der Waals surface area (Å²) in [6.45, 7) is 9.15. The van der Waals surface area contributed by atoms with E-state index >= 15 is 0 Å². The lowest BCUT2D eigenvalue weighted by Crippen LogP contribution is -2.37. The van der Waals surface area contributed by atoms with Crippen LogP contribution in [0.4, 0.5) is 0 Å². The summed E-state index contributed by atoms with van der Waals surface area (Å²) in [5, 5.41) is 0. The van der Waals surface area contributed by atoms with Crippen LogP contribution in [0.25, 0.3) is 5.69 Å². The second-order valence-corrected chi connectivity index (χ2v) is 10.3. The highest BCUT2D eigenvalue weighted by Gasteiger charge is 2.37. The Labute approximate surface area is 200 Å². The van der Waals surface area contributed by atoms with Gasteiger partial charge in [0, 0.05) is 36.2 Å². The van der Waals surface area contributed by atoms with Crippen LogP contribution in [-0.4, -0.2) is 52.1 Å². The fraction of sp³-hybridized carbons (Fsp3) is 0.444. The minimum Gasteiger partial charge on any atom is -0.492 e. The van der Waals surface area contributed by atoms with Gasteiger partial charge < -0.3 is 18.9 Å². The van der Waals surface area contributed by atoms with Gasteiger partial charge in [0.1, 0.15) is 23.3 Å². The van der Waals surface area contributed by atoms with Crippen molar-refractivity contribution in [2.75, 3.05) is 26.8 Å². The van der Waals surface area contributed by atoms with E-state index in [1.165, 1.54) is 23.4 Å². The summed E-state index contributed by atoms with van der Waals surface area (Å²) in [6, 6.07) is 10.9. The van der Waals surface area contributed by atoms with E-state index in [1.54, 1.807) is 13.4 Å². The van der Waals surface area contributed by atoms with Crippen molar-refractivity contribution in [1.29, 1.82) is 0 Å². The van der Waals surface area contributed by atoms with E-state index in [9.17, 15) is 0 Å². The number of fused-ring (bicyclic) bond motifs is 2. The summed E-state index contributed by atoms with van der Waals surface area (Å²) < 4.78 is 13.5. The number of piperidine rings is 1. The van der Waals surface area contributed by atoms with Crippen molar-refractivity contribution in [2.45, 2.75) is 51.0 Å². The summed E-state index contributed by atoms with van der Waals surface area (Å²) >= 11 is 0. The molecule has 7 heteroatoms. The Bertz CT molecular complexity index is 1280. The van der Waals surface area contributed by atoms with Crippen LogP contribution in [0, 0.1) is 6.92 Å². The molecule has 7 nitrogen and oxygen atoms in total. The summed E-state index contributed by atoms with van der Waals surface area (Å²) in [5.41, 5.74) is 5.50. The Morgan fingerprint density at radius 2 is 2.06 bits per heavy atom. The van der Waals surface area contributed by atoms with E-state index in [0.29, 0.717) is 11.8 Å². The molecule has 6 rings (SSSR count). The molecule has 0 spiro atoms. The smallest absolute Gasteiger partial charge is 0.238 e. The third-order valence-electron chi connectivity index (χ3n) is 7.35. The number of ether oxygens (including phenoxy) is 2. The molecule has 3 aliphatic rings. The highest BCUT2D eigenvalue weighted by molar-refractivity contribution is 5.91. The predicted octanol–water partition coefficient (Wildman–Crippen LogP) is 4.59. The van der Waals surface area contributed by atoms with Crippen LogP contribution in [-0.2, 0) is 5.41 Å². The highest BCUT2D eigenvalue weighted by atomic mass is 16.5. The molecule has 1 unspecified atom stereocenters. The number of amidine groups is 1. The van der Waals surface area contributed by atoms with Crippen molar-refractivity contribution >= 4 is 5.84 Å². The third kappa shape index (κ3) is 3.45. The maximum atomic E-state index is 5.92. The first kappa shape index (κ1) is 21.2. The summed E-state index contributed by atoms with van der Waals surface area (Å²) in [6.07, 6.45) is 6.06. The van der Waals surface area contributed by atoms with Crippen LogP contribution < -0.4 is 9.47 Å². The molecule has 0 radical (unpaired) electrons. The number of hydrogen-bond acceptors (Lipinski definition) is 6. The van der Waals surface area contributed by atoms with Gasteiger partial charge in [-0.3, -0.25) is 4.99 Å². The lowest BCUT2D eigenvalue weighted by atomic mass is 9.82. The number of aromatic nitrogens is 3. The standard InChI is InChI=1S/C27H31N5O2/c1-17-13-32(16-28-17)23-9-8-21(30-26(23)33-4)22-14-31-11-5-6-19(25(31)29-22)18-7-10-24-20(12-18)27(2,3)15-34-24/h7-10,12-13,16,19,22H,5-6,11,14-15H2,1-4H3/t19-,22?/m1/s1. The van der Waals surface area contributed by atoms with Gasteiger partial charge in [0.2, 0.25) is 5.88 Å². The van der Waals surface area contributed by atoms with Gasteiger partial charge in [-0.2, -0.15) is 0 Å². The quantitative estimate of drug-likeness (QED) is 0.574. The van der Waals surface area contributed by atoms with Crippen LogP contribution in [0.15, 0.2) is 47.8 Å². The largest absolute Gasteiger partial charge is 0.492 e. The molecule has 5 heterocycles. The number of aryl methyl sites for hydroxylation is 1. The topological polar surface area (TPSA) is 64.8 Å². The first-order valence-electron chi connectivity index (χ1n) is 12.1. The molecule has 1 fully saturated rings. The Morgan fingerprint density at radius 3 is 2.85 bits per heavy atom.